The van der Waals surface area contributed by atoms with Crippen LogP contribution < -0.4 is 5.32 Å². The van der Waals surface area contributed by atoms with Crippen molar-refractivity contribution in [2.24, 2.45) is 0 Å². The van der Waals surface area contributed by atoms with E-state index in [0.717, 1.165) is 28.7 Å². The second-order valence-corrected chi connectivity index (χ2v) is 6.31. The summed E-state index contributed by atoms with van der Waals surface area (Å²) in [4.78, 5) is 2.11. The lowest BCUT2D eigenvalue weighted by molar-refractivity contribution is 0.0558. The number of likely N-dealkylation sites (tertiary alicyclic amines) is 1. The average Bonchev–Trinajstić information content (AvgIpc) is 2.92. The second kappa shape index (κ2) is 7.14. The molecule has 0 aliphatic carbocycles. The molecule has 1 aliphatic rings. The predicted molar refractivity (Wildman–Crippen MR) is 90.1 cm³/mol. The van der Waals surface area contributed by atoms with E-state index in [0.29, 0.717) is 12.3 Å². The molecule has 0 bridgehead atoms. The minimum Gasteiger partial charge on any atom is -0.446 e. The summed E-state index contributed by atoms with van der Waals surface area (Å²) in [6.45, 7) is 7.24. The maximum Gasteiger partial charge on any atom is 0.204 e. The molecule has 0 aromatic carbocycles. The Morgan fingerprint density at radius 3 is 3.00 bits per heavy atom. The molecule has 2 heterocycles. The Hall–Kier alpha value is -1.55. The smallest absolute Gasteiger partial charge is 0.204 e. The number of rotatable bonds is 4. The molecular weight excluding hydrogens is 346 g/mol. The van der Waals surface area contributed by atoms with Crippen molar-refractivity contribution in [3.63, 3.8) is 0 Å². The van der Waals surface area contributed by atoms with E-state index in [2.05, 4.69) is 32.7 Å². The highest BCUT2D eigenvalue weighted by molar-refractivity contribution is 9.15. The van der Waals surface area contributed by atoms with Crippen LogP contribution in [-0.4, -0.2) is 42.3 Å². The van der Waals surface area contributed by atoms with E-state index in [4.69, 9.17) is 9.68 Å². The molecule has 1 aromatic heterocycles. The number of aliphatic hydroxyl groups excluding tert-OH is 1. The van der Waals surface area contributed by atoms with Crippen LogP contribution in [0.2, 0.25) is 0 Å². The van der Waals surface area contributed by atoms with Gasteiger partial charge in [0.1, 0.15) is 11.8 Å². The zero-order chi connectivity index (χ0) is 16.3. The molecule has 0 amide bonds. The summed E-state index contributed by atoms with van der Waals surface area (Å²) in [6.07, 6.45) is 2.04. The summed E-state index contributed by atoms with van der Waals surface area (Å²) in [5.74, 6) is 0.794. The molecule has 1 aliphatic heterocycles. The molecule has 2 rings (SSSR count). The van der Waals surface area contributed by atoms with Gasteiger partial charge in [0.2, 0.25) is 5.76 Å². The Kier molecular flexibility index (Phi) is 5.46. The number of likely N-dealkylation sites (N-methyl/N-ethyl adjacent to an activating group) is 1. The van der Waals surface area contributed by atoms with Gasteiger partial charge in [0.05, 0.1) is 12.1 Å². The number of allylic oxidation sites excluding steroid dienone is 1. The summed E-state index contributed by atoms with van der Waals surface area (Å²) >= 11 is 3.55. The quantitative estimate of drug-likeness (QED) is 0.857. The Morgan fingerprint density at radius 2 is 2.41 bits per heavy atom. The number of nitrogens with zero attached hydrogens (tertiary/aromatic N) is 2. The lowest BCUT2D eigenvalue weighted by Gasteiger charge is -2.35. The summed E-state index contributed by atoms with van der Waals surface area (Å²) in [7, 11) is 2.00. The highest BCUT2D eigenvalue weighted by Crippen LogP contribution is 2.31. The first-order valence-corrected chi connectivity index (χ1v) is 7.91. The van der Waals surface area contributed by atoms with Gasteiger partial charge in [0.25, 0.3) is 0 Å². The number of piperidine rings is 1. The SMILES string of the molecule is C=Cc1oc(C#N)cc1/C(Br)=C(\C)NC1CCN(C)CC1O. The van der Waals surface area contributed by atoms with Crippen LogP contribution in [0.1, 0.15) is 30.4 Å². The summed E-state index contributed by atoms with van der Waals surface area (Å²) in [5, 5.41) is 22.5. The van der Waals surface area contributed by atoms with Crippen LogP contribution >= 0.6 is 15.9 Å². The summed E-state index contributed by atoms with van der Waals surface area (Å²) < 4.78 is 6.19. The molecule has 0 saturated carbocycles. The minimum absolute atomic E-state index is 0.0123. The summed E-state index contributed by atoms with van der Waals surface area (Å²) in [5.41, 5.74) is 1.67. The molecule has 2 atom stereocenters. The predicted octanol–water partition coefficient (Wildman–Crippen LogP) is 2.53. The molecule has 22 heavy (non-hydrogen) atoms. The van der Waals surface area contributed by atoms with Gasteiger partial charge in [-0.05, 0) is 48.9 Å². The van der Waals surface area contributed by atoms with Gasteiger partial charge < -0.3 is 19.7 Å². The minimum atomic E-state index is -0.410. The van der Waals surface area contributed by atoms with Gasteiger partial charge >= 0.3 is 0 Å². The van der Waals surface area contributed by atoms with Crippen molar-refractivity contribution in [2.75, 3.05) is 20.1 Å². The van der Waals surface area contributed by atoms with E-state index in [-0.39, 0.29) is 11.8 Å². The maximum atomic E-state index is 10.2. The van der Waals surface area contributed by atoms with Crippen molar-refractivity contribution in [3.8, 4) is 6.07 Å². The molecule has 6 heteroatoms. The maximum absolute atomic E-state index is 10.2. The van der Waals surface area contributed by atoms with Crippen molar-refractivity contribution in [1.82, 2.24) is 10.2 Å². The Balaban J connectivity index is 2.20. The van der Waals surface area contributed by atoms with Gasteiger partial charge in [0, 0.05) is 28.4 Å². The molecular formula is C16H20BrN3O2. The third-order valence-corrected chi connectivity index (χ3v) is 4.83. The zero-order valence-electron chi connectivity index (χ0n) is 12.8. The highest BCUT2D eigenvalue weighted by atomic mass is 79.9. The van der Waals surface area contributed by atoms with Crippen LogP contribution in [0.3, 0.4) is 0 Å². The Bertz CT molecular complexity index is 630. The van der Waals surface area contributed by atoms with Crippen molar-refractivity contribution in [3.05, 3.63) is 35.4 Å². The van der Waals surface area contributed by atoms with Crippen LogP contribution in [0.15, 0.2) is 22.8 Å². The van der Waals surface area contributed by atoms with E-state index in [9.17, 15) is 5.11 Å². The lowest BCUT2D eigenvalue weighted by atomic mass is 10.0. The fourth-order valence-corrected chi connectivity index (χ4v) is 3.01. The molecule has 0 spiro atoms. The standard InChI is InChI=1S/C16H20BrN3O2/c1-4-15-12(7-11(8-18)22-15)16(17)10(2)19-13-5-6-20(3)9-14(13)21/h4,7,13-14,19,21H,1,5-6,9H2,2-3H3/b16-10-. The molecule has 118 valence electrons. The number of halogens is 1. The van der Waals surface area contributed by atoms with Crippen LogP contribution in [-0.2, 0) is 0 Å². The van der Waals surface area contributed by atoms with E-state index >= 15 is 0 Å². The second-order valence-electron chi connectivity index (χ2n) is 5.51. The van der Waals surface area contributed by atoms with E-state index in [1.807, 2.05) is 20.0 Å². The third kappa shape index (κ3) is 3.61. The number of hydrogen-bond donors (Lipinski definition) is 2. The van der Waals surface area contributed by atoms with E-state index < -0.39 is 6.10 Å². The van der Waals surface area contributed by atoms with Gasteiger partial charge in [0.15, 0.2) is 0 Å². The molecule has 1 aromatic rings. The number of furan rings is 1. The lowest BCUT2D eigenvalue weighted by Crippen LogP contribution is -2.51. The van der Waals surface area contributed by atoms with Gasteiger partial charge in [-0.2, -0.15) is 5.26 Å². The largest absolute Gasteiger partial charge is 0.446 e. The van der Waals surface area contributed by atoms with Gasteiger partial charge in [-0.1, -0.05) is 6.58 Å². The molecule has 1 fully saturated rings. The average molecular weight is 366 g/mol. The topological polar surface area (TPSA) is 72.4 Å². The number of nitriles is 1. The van der Waals surface area contributed by atoms with Crippen molar-refractivity contribution >= 4 is 26.5 Å². The van der Waals surface area contributed by atoms with Crippen molar-refractivity contribution in [1.29, 1.82) is 5.26 Å². The van der Waals surface area contributed by atoms with Crippen LogP contribution in [0.25, 0.3) is 10.6 Å². The van der Waals surface area contributed by atoms with Gasteiger partial charge in [-0.25, -0.2) is 0 Å². The van der Waals surface area contributed by atoms with Crippen LogP contribution in [0, 0.1) is 11.3 Å². The molecule has 5 nitrogen and oxygen atoms in total. The fourth-order valence-electron chi connectivity index (χ4n) is 2.58. The van der Waals surface area contributed by atoms with Crippen molar-refractivity contribution in [2.45, 2.75) is 25.5 Å². The third-order valence-electron chi connectivity index (χ3n) is 3.81. The first-order chi connectivity index (χ1) is 10.5. The normalized spacial score (nSPS) is 23.6. The van der Waals surface area contributed by atoms with E-state index in [1.165, 1.54) is 0 Å². The number of nitrogens with one attached hydrogen (secondary N) is 1. The molecule has 2 unspecified atom stereocenters. The van der Waals surface area contributed by atoms with Crippen molar-refractivity contribution < 1.29 is 9.52 Å². The monoisotopic (exact) mass is 365 g/mol. The van der Waals surface area contributed by atoms with Gasteiger partial charge in [-0.3, -0.25) is 0 Å². The number of aliphatic hydroxyl groups is 1. The Morgan fingerprint density at radius 1 is 1.68 bits per heavy atom. The zero-order valence-corrected chi connectivity index (χ0v) is 14.4. The van der Waals surface area contributed by atoms with E-state index in [1.54, 1.807) is 12.1 Å². The fraction of sp³-hybridized carbons (Fsp3) is 0.438. The number of β-amino-alcohol motifs (C(OH)–C–C–N with tert-alkyl or cyclic N) is 1. The van der Waals surface area contributed by atoms with Crippen LogP contribution in [0.5, 0.6) is 0 Å². The van der Waals surface area contributed by atoms with Gasteiger partial charge in [-0.15, -0.1) is 0 Å². The first kappa shape index (κ1) is 16.8. The highest BCUT2D eigenvalue weighted by Gasteiger charge is 2.26. The molecule has 0 radical (unpaired) electrons. The number of hydrogen-bond acceptors (Lipinski definition) is 5. The first-order valence-electron chi connectivity index (χ1n) is 7.12. The summed E-state index contributed by atoms with van der Waals surface area (Å²) in [6, 6.07) is 3.68. The Labute approximate surface area is 139 Å². The molecule has 2 N–H and O–H groups in total. The van der Waals surface area contributed by atoms with Crippen LogP contribution in [0.4, 0.5) is 0 Å². The molecule has 1 saturated heterocycles.